The third-order valence-electron chi connectivity index (χ3n) is 5.40. The van der Waals surface area contributed by atoms with Crippen LogP contribution in [0.25, 0.3) is 0 Å². The Balaban J connectivity index is 0.00000162. The van der Waals surface area contributed by atoms with E-state index in [0.29, 0.717) is 0 Å². The summed E-state index contributed by atoms with van der Waals surface area (Å²) in [6, 6.07) is 0. The highest BCUT2D eigenvalue weighted by Crippen LogP contribution is 2.42. The van der Waals surface area contributed by atoms with Gasteiger partial charge in [0.15, 0.2) is 0 Å². The van der Waals surface area contributed by atoms with Gasteiger partial charge in [0, 0.05) is 2.85 Å². The first-order chi connectivity index (χ1) is 8.33. The normalized spacial score (nSPS) is 38.9. The first-order valence-electron chi connectivity index (χ1n) is 7.96. The lowest BCUT2D eigenvalue weighted by molar-refractivity contribution is 0.152. The lowest BCUT2D eigenvalue weighted by Crippen LogP contribution is -2.25. The molecule has 0 aromatic carbocycles. The van der Waals surface area contributed by atoms with E-state index >= 15 is 0 Å². The summed E-state index contributed by atoms with van der Waals surface area (Å²) in [5.74, 6) is 4.05. The van der Waals surface area contributed by atoms with Gasteiger partial charge in [0.1, 0.15) is 0 Å². The summed E-state index contributed by atoms with van der Waals surface area (Å²) in [6.07, 6.45) is 17.0. The number of allylic oxidation sites excluding steroid dienone is 1. The molecule has 102 valence electrons. The molecule has 2 fully saturated rings. The van der Waals surface area contributed by atoms with Crippen molar-refractivity contribution in [1.82, 2.24) is 0 Å². The maximum absolute atomic E-state index is 3.95. The second-order valence-corrected chi connectivity index (χ2v) is 6.48. The summed E-state index contributed by atoms with van der Waals surface area (Å²) in [4.78, 5) is 0. The average molecular weight is 238 g/mol. The Morgan fingerprint density at radius 2 is 1.47 bits per heavy atom. The van der Waals surface area contributed by atoms with Crippen molar-refractivity contribution in [3.63, 3.8) is 0 Å². The van der Waals surface area contributed by atoms with Gasteiger partial charge < -0.3 is 0 Å². The number of hydrogen-bond acceptors (Lipinski definition) is 0. The van der Waals surface area contributed by atoms with Crippen LogP contribution in [0.5, 0.6) is 0 Å². The van der Waals surface area contributed by atoms with Crippen molar-refractivity contribution in [2.75, 3.05) is 0 Å². The third kappa shape index (κ3) is 3.60. The molecule has 2 aliphatic rings. The summed E-state index contributed by atoms with van der Waals surface area (Å²) in [5.41, 5.74) is 0. The van der Waals surface area contributed by atoms with Crippen LogP contribution in [-0.4, -0.2) is 0 Å². The predicted octanol–water partition coefficient (Wildman–Crippen LogP) is 6.08. The summed E-state index contributed by atoms with van der Waals surface area (Å²) in [5, 5.41) is 0. The zero-order valence-electron chi connectivity index (χ0n) is 11.7. The number of rotatable bonds is 4. The van der Waals surface area contributed by atoms with E-state index in [0.717, 1.165) is 23.7 Å². The Kier molecular flexibility index (Phi) is 5.13. The molecule has 0 nitrogen and oxygen atoms in total. The van der Waals surface area contributed by atoms with Gasteiger partial charge in [-0.3, -0.25) is 0 Å². The molecule has 0 spiro atoms. The smallest absolute Gasteiger partial charge is 0 e. The third-order valence-corrected chi connectivity index (χ3v) is 5.40. The van der Waals surface area contributed by atoms with E-state index in [9.17, 15) is 0 Å². The van der Waals surface area contributed by atoms with Crippen molar-refractivity contribution < 1.29 is 2.85 Å². The minimum absolute atomic E-state index is 0. The van der Waals surface area contributed by atoms with Gasteiger partial charge in [-0.2, -0.15) is 0 Å². The van der Waals surface area contributed by atoms with Crippen LogP contribution in [0.15, 0.2) is 12.7 Å². The minimum Gasteiger partial charge on any atom is -0.103 e. The standard InChI is InChI=1S/C17H30.2H2/c1-3-5-15-8-12-17(13-9-15)16-10-6-14(4-2)7-11-16;;/h4,14-17H,2-3,5-13H2,1H3;2*1H. The van der Waals surface area contributed by atoms with Crippen molar-refractivity contribution in [3.05, 3.63) is 12.7 Å². The second-order valence-electron chi connectivity index (χ2n) is 6.48. The molecule has 0 atom stereocenters. The zero-order valence-corrected chi connectivity index (χ0v) is 11.7. The zero-order chi connectivity index (χ0) is 12.1. The Labute approximate surface area is 111 Å². The van der Waals surface area contributed by atoms with Crippen LogP contribution in [0.2, 0.25) is 0 Å². The highest BCUT2D eigenvalue weighted by atomic mass is 14.3. The van der Waals surface area contributed by atoms with Crippen LogP contribution in [-0.2, 0) is 0 Å². The molecular formula is C17H34. The van der Waals surface area contributed by atoms with Crippen LogP contribution in [0.1, 0.15) is 74.0 Å². The van der Waals surface area contributed by atoms with Gasteiger partial charge in [-0.25, -0.2) is 0 Å². The van der Waals surface area contributed by atoms with E-state index in [1.807, 2.05) is 0 Å². The van der Waals surface area contributed by atoms with Gasteiger partial charge in [0.2, 0.25) is 0 Å². The van der Waals surface area contributed by atoms with Gasteiger partial charge in [0.25, 0.3) is 0 Å². The summed E-state index contributed by atoms with van der Waals surface area (Å²) >= 11 is 0. The van der Waals surface area contributed by atoms with Crippen LogP contribution < -0.4 is 0 Å². The molecule has 0 aliphatic heterocycles. The first-order valence-corrected chi connectivity index (χ1v) is 7.96. The first kappa shape index (κ1) is 13.2. The fourth-order valence-electron chi connectivity index (χ4n) is 4.21. The summed E-state index contributed by atoms with van der Waals surface area (Å²) < 4.78 is 0. The van der Waals surface area contributed by atoms with Gasteiger partial charge >= 0.3 is 0 Å². The van der Waals surface area contributed by atoms with Crippen molar-refractivity contribution in [2.24, 2.45) is 23.7 Å². The quantitative estimate of drug-likeness (QED) is 0.521. The molecule has 0 heterocycles. The second kappa shape index (κ2) is 6.61. The molecule has 0 aromatic heterocycles. The van der Waals surface area contributed by atoms with E-state index in [1.54, 1.807) is 0 Å². The summed E-state index contributed by atoms with van der Waals surface area (Å²) in [6.45, 7) is 6.29. The molecule has 0 amide bonds. The Morgan fingerprint density at radius 1 is 0.941 bits per heavy atom. The molecule has 2 aliphatic carbocycles. The molecule has 2 rings (SSSR count). The predicted molar refractivity (Wildman–Crippen MR) is 80.2 cm³/mol. The van der Waals surface area contributed by atoms with E-state index in [1.165, 1.54) is 64.2 Å². The molecule has 0 unspecified atom stereocenters. The molecule has 0 bridgehead atoms. The fourth-order valence-corrected chi connectivity index (χ4v) is 4.21. The van der Waals surface area contributed by atoms with Crippen molar-refractivity contribution >= 4 is 0 Å². The average Bonchev–Trinajstić information content (AvgIpc) is 2.40. The Bertz CT molecular complexity index is 223. The van der Waals surface area contributed by atoms with Crippen molar-refractivity contribution in [2.45, 2.75) is 71.1 Å². The van der Waals surface area contributed by atoms with Gasteiger partial charge in [-0.05, 0) is 62.2 Å². The SMILES string of the molecule is C=CC1CCC(C2CCC(CCC)CC2)CC1.[HH].[HH]. The monoisotopic (exact) mass is 238 g/mol. The largest absolute Gasteiger partial charge is 0.103 e. The Morgan fingerprint density at radius 3 is 1.94 bits per heavy atom. The molecule has 0 N–H and O–H groups in total. The molecule has 0 heteroatoms. The molecular weight excluding hydrogens is 204 g/mol. The van der Waals surface area contributed by atoms with Crippen LogP contribution in [0.4, 0.5) is 0 Å². The van der Waals surface area contributed by atoms with E-state index < -0.39 is 0 Å². The van der Waals surface area contributed by atoms with Gasteiger partial charge in [0.05, 0.1) is 0 Å². The van der Waals surface area contributed by atoms with E-state index in [-0.39, 0.29) is 2.85 Å². The van der Waals surface area contributed by atoms with Gasteiger partial charge in [-0.1, -0.05) is 38.7 Å². The molecule has 0 radical (unpaired) electrons. The lowest BCUT2D eigenvalue weighted by atomic mass is 9.69. The lowest BCUT2D eigenvalue weighted by Gasteiger charge is -2.37. The molecule has 0 saturated heterocycles. The van der Waals surface area contributed by atoms with E-state index in [2.05, 4.69) is 19.6 Å². The highest BCUT2D eigenvalue weighted by molar-refractivity contribution is 4.87. The fraction of sp³-hybridized carbons (Fsp3) is 0.882. The maximum atomic E-state index is 3.95. The van der Waals surface area contributed by atoms with Crippen LogP contribution in [0, 0.1) is 23.7 Å². The van der Waals surface area contributed by atoms with E-state index in [4.69, 9.17) is 0 Å². The van der Waals surface area contributed by atoms with Crippen molar-refractivity contribution in [1.29, 1.82) is 0 Å². The van der Waals surface area contributed by atoms with Crippen molar-refractivity contribution in [3.8, 4) is 0 Å². The highest BCUT2D eigenvalue weighted by Gasteiger charge is 2.29. The van der Waals surface area contributed by atoms with Crippen LogP contribution in [0.3, 0.4) is 0 Å². The molecule has 17 heavy (non-hydrogen) atoms. The maximum Gasteiger partial charge on any atom is 0 e. The molecule has 2 saturated carbocycles. The minimum atomic E-state index is 0. The van der Waals surface area contributed by atoms with Crippen LogP contribution >= 0.6 is 0 Å². The Hall–Kier alpha value is -0.260. The number of hydrogen-bond donors (Lipinski definition) is 0. The molecule has 0 aromatic rings. The summed E-state index contributed by atoms with van der Waals surface area (Å²) in [7, 11) is 0. The van der Waals surface area contributed by atoms with Gasteiger partial charge in [-0.15, -0.1) is 6.58 Å². The topological polar surface area (TPSA) is 0 Å².